The van der Waals surface area contributed by atoms with E-state index in [0.717, 1.165) is 10.4 Å². The van der Waals surface area contributed by atoms with E-state index in [9.17, 15) is 4.79 Å². The van der Waals surface area contributed by atoms with Gasteiger partial charge in [0, 0.05) is 5.92 Å². The van der Waals surface area contributed by atoms with Crippen molar-refractivity contribution in [2.24, 2.45) is 5.92 Å². The number of rotatable bonds is 9. The molecule has 37 heavy (non-hydrogen) atoms. The number of esters is 1. The van der Waals surface area contributed by atoms with Gasteiger partial charge in [0.25, 0.3) is 0 Å². The maximum absolute atomic E-state index is 12.6. The van der Waals surface area contributed by atoms with Gasteiger partial charge < -0.3 is 18.9 Å². The highest BCUT2D eigenvalue weighted by Gasteiger charge is 2.54. The quantitative estimate of drug-likeness (QED) is 0.211. The fourth-order valence-corrected chi connectivity index (χ4v) is 9.52. The molecule has 2 heterocycles. The number of hydrogen-bond donors (Lipinski definition) is 0. The summed E-state index contributed by atoms with van der Waals surface area (Å²) in [5.74, 6) is -1.30. The van der Waals surface area contributed by atoms with Gasteiger partial charge in [-0.1, -0.05) is 81.4 Å². The van der Waals surface area contributed by atoms with Crippen LogP contribution >= 0.6 is 0 Å². The smallest absolute Gasteiger partial charge is 0.306 e. The Kier molecular flexibility index (Phi) is 8.57. The molecule has 0 aromatic heterocycles. The molecule has 0 N–H and O–H groups in total. The summed E-state index contributed by atoms with van der Waals surface area (Å²) >= 11 is 0. The average Bonchev–Trinajstić information content (AvgIpc) is 3.42. The van der Waals surface area contributed by atoms with Crippen LogP contribution in [0.2, 0.25) is 5.04 Å². The van der Waals surface area contributed by atoms with E-state index in [2.05, 4.69) is 45.0 Å². The fraction of sp³-hybridized carbons (Fsp3) is 0.552. The van der Waals surface area contributed by atoms with Crippen LogP contribution < -0.4 is 10.4 Å². The Morgan fingerprint density at radius 1 is 1.00 bits per heavy atom. The minimum Gasteiger partial charge on any atom is -0.466 e. The molecular formula is C29H40O7Si. The van der Waals surface area contributed by atoms with Crippen molar-refractivity contribution in [3.8, 4) is 0 Å². The van der Waals surface area contributed by atoms with Crippen LogP contribution in [0, 0.1) is 5.92 Å². The van der Waals surface area contributed by atoms with Crippen molar-refractivity contribution in [2.45, 2.75) is 77.1 Å². The van der Waals surface area contributed by atoms with Gasteiger partial charge in [-0.2, -0.15) is 0 Å². The van der Waals surface area contributed by atoms with E-state index in [1.54, 1.807) is 6.92 Å². The molecule has 8 heteroatoms. The molecule has 2 aromatic rings. The molecule has 2 aliphatic heterocycles. The monoisotopic (exact) mass is 528 g/mol. The van der Waals surface area contributed by atoms with Gasteiger partial charge in [-0.3, -0.25) is 9.37 Å². The topological polar surface area (TPSA) is 72.5 Å². The largest absolute Gasteiger partial charge is 0.466 e. The molecule has 2 saturated heterocycles. The molecule has 4 atom stereocenters. The molecule has 2 aromatic carbocycles. The van der Waals surface area contributed by atoms with E-state index in [1.807, 2.05) is 50.2 Å². The zero-order valence-electron chi connectivity index (χ0n) is 22.8. The molecule has 0 aliphatic carbocycles. The predicted molar refractivity (Wildman–Crippen MR) is 143 cm³/mol. The summed E-state index contributed by atoms with van der Waals surface area (Å²) < 4.78 is 30.1. The van der Waals surface area contributed by atoms with Crippen molar-refractivity contribution in [1.82, 2.24) is 0 Å². The third-order valence-corrected chi connectivity index (χ3v) is 11.9. The Bertz CT molecular complexity index is 982. The average molecular weight is 529 g/mol. The lowest BCUT2D eigenvalue weighted by Crippen LogP contribution is -2.66. The lowest BCUT2D eigenvalue weighted by atomic mass is 9.92. The molecule has 2 fully saturated rings. The molecule has 0 bridgehead atoms. The zero-order chi connectivity index (χ0) is 26.7. The Morgan fingerprint density at radius 3 is 2.08 bits per heavy atom. The Balaban J connectivity index is 1.65. The second kappa shape index (κ2) is 11.4. The maximum Gasteiger partial charge on any atom is 0.306 e. The van der Waals surface area contributed by atoms with Crippen molar-refractivity contribution in [3.05, 3.63) is 60.7 Å². The number of hydrogen-bond acceptors (Lipinski definition) is 7. The standard InChI is InChI=1S/C29H40O7Si/c1-7-31-26(30)18-23-24(19-32-27(23)25-20-33-29(5,6)34-25)35-36-37(28(2,3)4,21-14-10-8-11-15-21)22-16-12-9-13-17-22/h8-17,23-25,27H,7,18-20H2,1-6H3/t23-,24-,25+,27-/m0/s1. The van der Waals surface area contributed by atoms with Crippen molar-refractivity contribution >= 4 is 24.7 Å². The summed E-state index contributed by atoms with van der Waals surface area (Å²) in [6.45, 7) is 13.1. The van der Waals surface area contributed by atoms with Crippen LogP contribution in [-0.4, -0.2) is 58.2 Å². The lowest BCUT2D eigenvalue weighted by molar-refractivity contribution is -0.262. The Labute approximate surface area is 221 Å². The van der Waals surface area contributed by atoms with E-state index in [-0.39, 0.29) is 42.2 Å². The van der Waals surface area contributed by atoms with Crippen LogP contribution in [0.1, 0.15) is 48.0 Å². The second-order valence-corrected chi connectivity index (χ2v) is 15.4. The van der Waals surface area contributed by atoms with E-state index < -0.39 is 20.2 Å². The number of benzene rings is 2. The third kappa shape index (κ3) is 6.00. The van der Waals surface area contributed by atoms with Gasteiger partial charge in [0.2, 0.25) is 0 Å². The van der Waals surface area contributed by atoms with E-state index in [4.69, 9.17) is 28.4 Å². The van der Waals surface area contributed by atoms with E-state index in [0.29, 0.717) is 13.2 Å². The summed E-state index contributed by atoms with van der Waals surface area (Å²) in [5, 5.41) is 1.97. The molecule has 0 spiro atoms. The summed E-state index contributed by atoms with van der Waals surface area (Å²) in [4.78, 5) is 19.0. The second-order valence-electron chi connectivity index (χ2n) is 11.2. The Hall–Kier alpha value is -2.07. The first-order valence-corrected chi connectivity index (χ1v) is 15.0. The van der Waals surface area contributed by atoms with Crippen LogP contribution in [0.15, 0.2) is 60.7 Å². The number of ether oxygens (including phenoxy) is 4. The molecule has 202 valence electrons. The van der Waals surface area contributed by atoms with Crippen molar-refractivity contribution < 1.29 is 33.2 Å². The summed E-state index contributed by atoms with van der Waals surface area (Å²) in [6, 6.07) is 20.6. The van der Waals surface area contributed by atoms with Crippen molar-refractivity contribution in [2.75, 3.05) is 19.8 Å². The lowest BCUT2D eigenvalue weighted by Gasteiger charge is -2.42. The van der Waals surface area contributed by atoms with Crippen LogP contribution in [0.3, 0.4) is 0 Å². The zero-order valence-corrected chi connectivity index (χ0v) is 23.8. The molecule has 7 nitrogen and oxygen atoms in total. The van der Waals surface area contributed by atoms with Crippen molar-refractivity contribution in [1.29, 1.82) is 0 Å². The van der Waals surface area contributed by atoms with Gasteiger partial charge in [0.1, 0.15) is 12.2 Å². The molecule has 4 rings (SSSR count). The molecule has 2 aliphatic rings. The molecular weight excluding hydrogens is 488 g/mol. The Morgan fingerprint density at radius 2 is 1.59 bits per heavy atom. The van der Waals surface area contributed by atoms with Gasteiger partial charge in [-0.05, 0) is 36.2 Å². The fourth-order valence-electron chi connectivity index (χ4n) is 5.42. The molecule has 0 amide bonds. The van der Waals surface area contributed by atoms with Crippen LogP contribution in [0.5, 0.6) is 0 Å². The van der Waals surface area contributed by atoms with Crippen LogP contribution in [0.25, 0.3) is 0 Å². The number of carbonyl (C=O) groups is 1. The highest BCUT2D eigenvalue weighted by Crippen LogP contribution is 2.40. The first-order valence-electron chi connectivity index (χ1n) is 13.1. The van der Waals surface area contributed by atoms with Crippen LogP contribution in [-0.2, 0) is 33.2 Å². The molecule has 0 unspecified atom stereocenters. The summed E-state index contributed by atoms with van der Waals surface area (Å²) in [6.07, 6.45) is -1.01. The van der Waals surface area contributed by atoms with Crippen molar-refractivity contribution in [3.63, 3.8) is 0 Å². The van der Waals surface area contributed by atoms with Gasteiger partial charge in [-0.25, -0.2) is 4.89 Å². The van der Waals surface area contributed by atoms with E-state index >= 15 is 0 Å². The van der Waals surface area contributed by atoms with Gasteiger partial charge in [-0.15, -0.1) is 0 Å². The summed E-state index contributed by atoms with van der Waals surface area (Å²) in [5.41, 5.74) is 0. The third-order valence-electron chi connectivity index (χ3n) is 7.17. The van der Waals surface area contributed by atoms with Gasteiger partial charge in [0.05, 0.1) is 32.3 Å². The minimum absolute atomic E-state index is 0.146. The van der Waals surface area contributed by atoms with Gasteiger partial charge in [0.15, 0.2) is 5.79 Å². The maximum atomic E-state index is 12.6. The SMILES string of the molecule is CCOC(=O)C[C@@H]1[C@@H]([C@H]2COC(C)(C)O2)OC[C@@H]1OO[Si](c1ccccc1)(c1ccccc1)C(C)(C)C. The van der Waals surface area contributed by atoms with E-state index in [1.165, 1.54) is 0 Å². The highest BCUT2D eigenvalue weighted by molar-refractivity contribution is 6.99. The minimum atomic E-state index is -2.93. The number of carbonyl (C=O) groups excluding carboxylic acids is 1. The first kappa shape index (κ1) is 27.9. The highest BCUT2D eigenvalue weighted by atomic mass is 28.4. The van der Waals surface area contributed by atoms with Gasteiger partial charge >= 0.3 is 14.3 Å². The molecule has 0 saturated carbocycles. The normalized spacial score (nSPS) is 25.8. The first-order chi connectivity index (χ1) is 17.6. The predicted octanol–water partition coefficient (Wildman–Crippen LogP) is 3.98. The summed E-state index contributed by atoms with van der Waals surface area (Å²) in [7, 11) is -2.93. The molecule has 0 radical (unpaired) electrons. The van der Waals surface area contributed by atoms with Crippen LogP contribution in [0.4, 0.5) is 0 Å².